The first-order valence-electron chi connectivity index (χ1n) is 8.47. The summed E-state index contributed by atoms with van der Waals surface area (Å²) >= 11 is 0. The summed E-state index contributed by atoms with van der Waals surface area (Å²) in [6, 6.07) is 17.8. The molecule has 0 radical (unpaired) electrons. The quantitative estimate of drug-likeness (QED) is 0.710. The Labute approximate surface area is 152 Å². The predicted molar refractivity (Wildman–Crippen MR) is 96.2 cm³/mol. The molecular formula is C20H23NO5. The van der Waals surface area contributed by atoms with Crippen molar-refractivity contribution in [2.24, 2.45) is 0 Å². The van der Waals surface area contributed by atoms with Crippen molar-refractivity contribution in [3.8, 4) is 0 Å². The maximum absolute atomic E-state index is 12.1. The Kier molecular flexibility index (Phi) is 7.64. The van der Waals surface area contributed by atoms with E-state index in [4.69, 9.17) is 9.47 Å². The minimum Gasteiger partial charge on any atom is -0.464 e. The van der Waals surface area contributed by atoms with Gasteiger partial charge < -0.3 is 19.9 Å². The zero-order valence-corrected chi connectivity index (χ0v) is 14.6. The van der Waals surface area contributed by atoms with Crippen LogP contribution in [0.4, 0.5) is 4.79 Å². The van der Waals surface area contributed by atoms with Crippen LogP contribution in [-0.2, 0) is 20.9 Å². The number of benzene rings is 2. The van der Waals surface area contributed by atoms with Crippen LogP contribution in [0.5, 0.6) is 0 Å². The molecule has 0 fully saturated rings. The number of ether oxygens (including phenoxy) is 2. The summed E-state index contributed by atoms with van der Waals surface area (Å²) in [5, 5.41) is 12.7. The van der Waals surface area contributed by atoms with Gasteiger partial charge in [0.05, 0.1) is 12.6 Å². The maximum atomic E-state index is 12.1. The highest BCUT2D eigenvalue weighted by molar-refractivity contribution is 5.74. The second kappa shape index (κ2) is 10.2. The maximum Gasteiger partial charge on any atom is 0.407 e. The Balaban J connectivity index is 1.99. The molecule has 2 unspecified atom stereocenters. The predicted octanol–water partition coefficient (Wildman–Crippen LogP) is 2.97. The van der Waals surface area contributed by atoms with Gasteiger partial charge in [0.2, 0.25) is 0 Å². The van der Waals surface area contributed by atoms with Crippen LogP contribution in [0.15, 0.2) is 60.7 Å². The van der Waals surface area contributed by atoms with Crippen LogP contribution in [0.3, 0.4) is 0 Å². The van der Waals surface area contributed by atoms with Gasteiger partial charge in [0.1, 0.15) is 6.61 Å². The van der Waals surface area contributed by atoms with Gasteiger partial charge in [0.25, 0.3) is 0 Å². The number of carbonyl (C=O) groups is 2. The normalized spacial score (nSPS) is 12.7. The molecule has 6 nitrogen and oxygen atoms in total. The lowest BCUT2D eigenvalue weighted by Crippen LogP contribution is -2.34. The Morgan fingerprint density at radius 1 is 1.00 bits per heavy atom. The lowest BCUT2D eigenvalue weighted by atomic mass is 10.0. The van der Waals surface area contributed by atoms with E-state index in [2.05, 4.69) is 5.32 Å². The van der Waals surface area contributed by atoms with Crippen LogP contribution < -0.4 is 5.32 Å². The Hall–Kier alpha value is -2.86. The van der Waals surface area contributed by atoms with Crippen molar-refractivity contribution >= 4 is 12.1 Å². The average Bonchev–Trinajstić information content (AvgIpc) is 2.67. The van der Waals surface area contributed by atoms with Crippen molar-refractivity contribution in [2.75, 3.05) is 6.61 Å². The van der Waals surface area contributed by atoms with E-state index >= 15 is 0 Å². The third kappa shape index (κ3) is 6.22. The van der Waals surface area contributed by atoms with Gasteiger partial charge in [0.15, 0.2) is 6.10 Å². The summed E-state index contributed by atoms with van der Waals surface area (Å²) in [6.45, 7) is 1.98. The van der Waals surface area contributed by atoms with E-state index in [9.17, 15) is 14.7 Å². The summed E-state index contributed by atoms with van der Waals surface area (Å²) in [6.07, 6.45) is -1.98. The van der Waals surface area contributed by atoms with Crippen molar-refractivity contribution in [2.45, 2.75) is 32.1 Å². The molecule has 2 N–H and O–H groups in total. The van der Waals surface area contributed by atoms with Crippen LogP contribution >= 0.6 is 0 Å². The first-order valence-corrected chi connectivity index (χ1v) is 8.47. The Morgan fingerprint density at radius 2 is 1.62 bits per heavy atom. The van der Waals surface area contributed by atoms with E-state index in [1.807, 2.05) is 48.5 Å². The second-order valence-corrected chi connectivity index (χ2v) is 5.67. The summed E-state index contributed by atoms with van der Waals surface area (Å²) in [4.78, 5) is 23.8. The van der Waals surface area contributed by atoms with E-state index in [-0.39, 0.29) is 19.6 Å². The molecule has 0 spiro atoms. The molecular weight excluding hydrogens is 334 g/mol. The number of nitrogens with one attached hydrogen (secondary N) is 1. The molecule has 6 heteroatoms. The average molecular weight is 357 g/mol. The van der Waals surface area contributed by atoms with Crippen LogP contribution in [0.25, 0.3) is 0 Å². The van der Waals surface area contributed by atoms with Crippen molar-refractivity contribution in [1.82, 2.24) is 5.32 Å². The van der Waals surface area contributed by atoms with Crippen molar-refractivity contribution in [3.05, 3.63) is 71.8 Å². The number of amides is 1. The van der Waals surface area contributed by atoms with Gasteiger partial charge in [-0.3, -0.25) is 0 Å². The summed E-state index contributed by atoms with van der Waals surface area (Å²) in [5.41, 5.74) is 1.62. The number of alkyl carbamates (subject to hydrolysis) is 1. The molecule has 0 saturated heterocycles. The van der Waals surface area contributed by atoms with Crippen LogP contribution in [0.1, 0.15) is 30.5 Å². The van der Waals surface area contributed by atoms with Gasteiger partial charge in [-0.15, -0.1) is 0 Å². The monoisotopic (exact) mass is 357 g/mol. The van der Waals surface area contributed by atoms with Gasteiger partial charge in [-0.05, 0) is 18.1 Å². The third-order valence-electron chi connectivity index (χ3n) is 3.72. The highest BCUT2D eigenvalue weighted by Crippen LogP contribution is 2.19. The molecule has 0 aromatic heterocycles. The molecule has 2 atom stereocenters. The molecule has 26 heavy (non-hydrogen) atoms. The third-order valence-corrected chi connectivity index (χ3v) is 3.72. The lowest BCUT2D eigenvalue weighted by molar-refractivity contribution is -0.153. The molecule has 0 aliphatic heterocycles. The molecule has 2 rings (SSSR count). The smallest absolute Gasteiger partial charge is 0.407 e. The Bertz CT molecular complexity index is 690. The minimum atomic E-state index is -1.34. The molecule has 0 aliphatic carbocycles. The molecule has 0 aliphatic rings. The van der Waals surface area contributed by atoms with Crippen LogP contribution in [0, 0.1) is 0 Å². The number of aliphatic hydroxyl groups excluding tert-OH is 1. The summed E-state index contributed by atoms with van der Waals surface area (Å²) in [5.74, 6) is -0.715. The highest BCUT2D eigenvalue weighted by atomic mass is 16.6. The van der Waals surface area contributed by atoms with E-state index < -0.39 is 24.2 Å². The van der Waals surface area contributed by atoms with E-state index in [0.717, 1.165) is 11.1 Å². The van der Waals surface area contributed by atoms with Crippen molar-refractivity contribution in [3.63, 3.8) is 0 Å². The number of hydrogen-bond donors (Lipinski definition) is 2. The van der Waals surface area contributed by atoms with E-state index in [0.29, 0.717) is 0 Å². The number of hydrogen-bond acceptors (Lipinski definition) is 5. The standard InChI is InChI=1S/C20H23NO5/c1-2-25-19(23)18(22)13-17(16-11-7-4-8-12-16)21-20(24)26-14-15-9-5-3-6-10-15/h3-12,17-18,22H,2,13-14H2,1H3,(H,21,24). The molecule has 0 bridgehead atoms. The van der Waals surface area contributed by atoms with Gasteiger partial charge in [-0.25, -0.2) is 9.59 Å². The molecule has 2 aromatic rings. The SMILES string of the molecule is CCOC(=O)C(O)CC(NC(=O)OCc1ccccc1)c1ccccc1. The highest BCUT2D eigenvalue weighted by Gasteiger charge is 2.24. The molecule has 138 valence electrons. The summed E-state index contributed by atoms with van der Waals surface area (Å²) < 4.78 is 10.0. The first-order chi connectivity index (χ1) is 12.6. The Morgan fingerprint density at radius 3 is 2.23 bits per heavy atom. The topological polar surface area (TPSA) is 84.9 Å². The fraction of sp³-hybridized carbons (Fsp3) is 0.300. The molecule has 1 amide bonds. The molecule has 2 aromatic carbocycles. The first kappa shape index (κ1) is 19.5. The van der Waals surface area contributed by atoms with Gasteiger partial charge in [-0.2, -0.15) is 0 Å². The van der Waals surface area contributed by atoms with Crippen LogP contribution in [0.2, 0.25) is 0 Å². The molecule has 0 saturated carbocycles. The lowest BCUT2D eigenvalue weighted by Gasteiger charge is -2.21. The van der Waals surface area contributed by atoms with Gasteiger partial charge >= 0.3 is 12.1 Å². The van der Waals surface area contributed by atoms with Crippen molar-refractivity contribution < 1.29 is 24.2 Å². The van der Waals surface area contributed by atoms with Crippen LogP contribution in [-0.4, -0.2) is 29.9 Å². The van der Waals surface area contributed by atoms with Crippen molar-refractivity contribution in [1.29, 1.82) is 0 Å². The number of aliphatic hydroxyl groups is 1. The zero-order chi connectivity index (χ0) is 18.8. The number of carbonyl (C=O) groups excluding carboxylic acids is 2. The van der Waals surface area contributed by atoms with E-state index in [1.54, 1.807) is 19.1 Å². The fourth-order valence-electron chi connectivity index (χ4n) is 2.43. The summed E-state index contributed by atoms with van der Waals surface area (Å²) in [7, 11) is 0. The minimum absolute atomic E-state index is 0.0106. The largest absolute Gasteiger partial charge is 0.464 e. The second-order valence-electron chi connectivity index (χ2n) is 5.67. The van der Waals surface area contributed by atoms with Gasteiger partial charge in [-0.1, -0.05) is 60.7 Å². The van der Waals surface area contributed by atoms with E-state index in [1.165, 1.54) is 0 Å². The number of rotatable bonds is 8. The van der Waals surface area contributed by atoms with Gasteiger partial charge in [0, 0.05) is 6.42 Å². The zero-order valence-electron chi connectivity index (χ0n) is 14.6. The molecule has 0 heterocycles. The fourth-order valence-corrected chi connectivity index (χ4v) is 2.43. The number of esters is 1.